The summed E-state index contributed by atoms with van der Waals surface area (Å²) in [6.45, 7) is 13.1. The van der Waals surface area contributed by atoms with Gasteiger partial charge in [0, 0.05) is 12.6 Å². The fourth-order valence-electron chi connectivity index (χ4n) is 2.80. The van der Waals surface area contributed by atoms with E-state index >= 15 is 0 Å². The normalized spacial score (nSPS) is 13.8. The molecule has 0 fully saturated rings. The van der Waals surface area contributed by atoms with Crippen LogP contribution in [-0.2, 0) is 4.74 Å². The van der Waals surface area contributed by atoms with Crippen LogP contribution in [0.4, 0.5) is 0 Å². The standard InChI is InChI=1S/C16H35NO/c1-6-11-12-13-15(17-14-7-2)16(8-3,9-4)18-10-5/h15,17H,6-14H2,1-5H3. The van der Waals surface area contributed by atoms with E-state index in [1.807, 2.05) is 0 Å². The summed E-state index contributed by atoms with van der Waals surface area (Å²) in [5, 5.41) is 3.73. The van der Waals surface area contributed by atoms with E-state index in [-0.39, 0.29) is 5.60 Å². The Kier molecular flexibility index (Phi) is 10.8. The van der Waals surface area contributed by atoms with E-state index in [4.69, 9.17) is 4.74 Å². The molecule has 0 saturated heterocycles. The summed E-state index contributed by atoms with van der Waals surface area (Å²) >= 11 is 0. The fraction of sp³-hybridized carbons (Fsp3) is 1.00. The van der Waals surface area contributed by atoms with Gasteiger partial charge in [-0.2, -0.15) is 0 Å². The minimum Gasteiger partial charge on any atom is -0.374 e. The van der Waals surface area contributed by atoms with Crippen molar-refractivity contribution in [2.45, 2.75) is 91.2 Å². The van der Waals surface area contributed by atoms with Crippen LogP contribution >= 0.6 is 0 Å². The molecule has 0 bridgehead atoms. The number of unbranched alkanes of at least 4 members (excludes halogenated alkanes) is 2. The highest BCUT2D eigenvalue weighted by molar-refractivity contribution is 4.91. The Labute approximate surface area is 115 Å². The van der Waals surface area contributed by atoms with Crippen LogP contribution in [0.1, 0.15) is 79.6 Å². The molecule has 0 rings (SSSR count). The molecule has 0 heterocycles. The Morgan fingerprint density at radius 1 is 0.944 bits per heavy atom. The molecule has 1 atom stereocenters. The Hall–Kier alpha value is -0.0800. The zero-order valence-corrected chi connectivity index (χ0v) is 13.3. The smallest absolute Gasteiger partial charge is 0.0829 e. The van der Waals surface area contributed by atoms with E-state index in [0.717, 1.165) is 26.0 Å². The monoisotopic (exact) mass is 257 g/mol. The van der Waals surface area contributed by atoms with Gasteiger partial charge in [-0.05, 0) is 39.2 Å². The molecule has 1 unspecified atom stereocenters. The summed E-state index contributed by atoms with van der Waals surface area (Å²) in [4.78, 5) is 0. The third-order valence-corrected chi connectivity index (χ3v) is 4.00. The molecule has 1 N–H and O–H groups in total. The Morgan fingerprint density at radius 2 is 1.61 bits per heavy atom. The lowest BCUT2D eigenvalue weighted by Gasteiger charge is -2.40. The summed E-state index contributed by atoms with van der Waals surface area (Å²) in [6, 6.07) is 0.513. The maximum atomic E-state index is 6.16. The van der Waals surface area contributed by atoms with Crippen molar-refractivity contribution in [2.24, 2.45) is 0 Å². The van der Waals surface area contributed by atoms with Gasteiger partial charge in [0.2, 0.25) is 0 Å². The van der Waals surface area contributed by atoms with Crippen LogP contribution in [0.15, 0.2) is 0 Å². The van der Waals surface area contributed by atoms with Crippen LogP contribution in [0.2, 0.25) is 0 Å². The molecule has 0 amide bonds. The highest BCUT2D eigenvalue weighted by atomic mass is 16.5. The molecule has 0 aliphatic rings. The fourth-order valence-corrected chi connectivity index (χ4v) is 2.80. The van der Waals surface area contributed by atoms with Gasteiger partial charge < -0.3 is 10.1 Å². The predicted molar refractivity (Wildman–Crippen MR) is 81.2 cm³/mol. The molecule has 0 aliphatic heterocycles. The molecule has 18 heavy (non-hydrogen) atoms. The molecule has 0 aliphatic carbocycles. The summed E-state index contributed by atoms with van der Waals surface area (Å²) < 4.78 is 6.16. The van der Waals surface area contributed by atoms with Crippen molar-refractivity contribution < 1.29 is 4.74 Å². The molecular formula is C16H35NO. The van der Waals surface area contributed by atoms with Gasteiger partial charge in [-0.3, -0.25) is 0 Å². The largest absolute Gasteiger partial charge is 0.374 e. The third-order valence-electron chi connectivity index (χ3n) is 4.00. The van der Waals surface area contributed by atoms with Crippen LogP contribution in [0.5, 0.6) is 0 Å². The second-order valence-electron chi connectivity index (χ2n) is 5.21. The average molecular weight is 257 g/mol. The van der Waals surface area contributed by atoms with E-state index in [2.05, 4.69) is 39.9 Å². The van der Waals surface area contributed by atoms with Crippen LogP contribution in [0.3, 0.4) is 0 Å². The van der Waals surface area contributed by atoms with Crippen molar-refractivity contribution in [3.05, 3.63) is 0 Å². The molecule has 0 spiro atoms. The minimum atomic E-state index is 0.0393. The van der Waals surface area contributed by atoms with Gasteiger partial charge >= 0.3 is 0 Å². The van der Waals surface area contributed by atoms with Crippen molar-refractivity contribution in [3.8, 4) is 0 Å². The summed E-state index contributed by atoms with van der Waals surface area (Å²) in [7, 11) is 0. The van der Waals surface area contributed by atoms with E-state index in [9.17, 15) is 0 Å². The topological polar surface area (TPSA) is 21.3 Å². The van der Waals surface area contributed by atoms with Gasteiger partial charge in [-0.15, -0.1) is 0 Å². The summed E-state index contributed by atoms with van der Waals surface area (Å²) in [6.07, 6.45) is 8.58. The van der Waals surface area contributed by atoms with Gasteiger partial charge in [0.1, 0.15) is 0 Å². The number of nitrogens with one attached hydrogen (secondary N) is 1. The lowest BCUT2D eigenvalue weighted by atomic mass is 9.84. The minimum absolute atomic E-state index is 0.0393. The molecule has 110 valence electrons. The van der Waals surface area contributed by atoms with Crippen molar-refractivity contribution in [3.63, 3.8) is 0 Å². The summed E-state index contributed by atoms with van der Waals surface area (Å²) in [5.41, 5.74) is 0.0393. The quantitative estimate of drug-likeness (QED) is 0.519. The van der Waals surface area contributed by atoms with Gasteiger partial charge in [-0.25, -0.2) is 0 Å². The third kappa shape index (κ3) is 5.71. The molecule has 0 radical (unpaired) electrons. The number of hydrogen-bond donors (Lipinski definition) is 1. The van der Waals surface area contributed by atoms with E-state index in [1.165, 1.54) is 32.1 Å². The first-order chi connectivity index (χ1) is 8.70. The number of ether oxygens (including phenoxy) is 1. The SMILES string of the molecule is CCCCCC(NCCC)C(CC)(CC)OCC. The number of rotatable bonds is 12. The highest BCUT2D eigenvalue weighted by Crippen LogP contribution is 2.28. The zero-order chi connectivity index (χ0) is 13.9. The molecule has 2 heteroatoms. The van der Waals surface area contributed by atoms with Gasteiger partial charge in [0.25, 0.3) is 0 Å². The molecule has 0 aromatic carbocycles. The molecule has 0 aromatic heterocycles. The predicted octanol–water partition coefficient (Wildman–Crippen LogP) is 4.53. The van der Waals surface area contributed by atoms with E-state index in [1.54, 1.807) is 0 Å². The second-order valence-corrected chi connectivity index (χ2v) is 5.21. The van der Waals surface area contributed by atoms with Gasteiger partial charge in [-0.1, -0.05) is 47.0 Å². The Balaban J connectivity index is 4.61. The Bertz CT molecular complexity index is 178. The maximum Gasteiger partial charge on any atom is 0.0829 e. The zero-order valence-electron chi connectivity index (χ0n) is 13.3. The molecule has 0 saturated carbocycles. The van der Waals surface area contributed by atoms with Crippen LogP contribution in [-0.4, -0.2) is 24.8 Å². The van der Waals surface area contributed by atoms with Crippen molar-refractivity contribution in [1.29, 1.82) is 0 Å². The van der Waals surface area contributed by atoms with Crippen molar-refractivity contribution in [1.82, 2.24) is 5.32 Å². The van der Waals surface area contributed by atoms with Crippen molar-refractivity contribution >= 4 is 0 Å². The van der Waals surface area contributed by atoms with Crippen LogP contribution in [0.25, 0.3) is 0 Å². The molecular weight excluding hydrogens is 222 g/mol. The first-order valence-corrected chi connectivity index (χ1v) is 8.07. The van der Waals surface area contributed by atoms with Crippen LogP contribution < -0.4 is 5.32 Å². The van der Waals surface area contributed by atoms with E-state index in [0.29, 0.717) is 6.04 Å². The van der Waals surface area contributed by atoms with Gasteiger partial charge in [0.05, 0.1) is 5.60 Å². The van der Waals surface area contributed by atoms with Crippen molar-refractivity contribution in [2.75, 3.05) is 13.2 Å². The highest BCUT2D eigenvalue weighted by Gasteiger charge is 2.35. The summed E-state index contributed by atoms with van der Waals surface area (Å²) in [5.74, 6) is 0. The second kappa shape index (κ2) is 10.8. The van der Waals surface area contributed by atoms with Crippen LogP contribution in [0, 0.1) is 0 Å². The average Bonchev–Trinajstić information content (AvgIpc) is 2.40. The lowest BCUT2D eigenvalue weighted by molar-refractivity contribution is -0.0741. The lowest BCUT2D eigenvalue weighted by Crippen LogP contribution is -2.52. The van der Waals surface area contributed by atoms with E-state index < -0.39 is 0 Å². The first-order valence-electron chi connectivity index (χ1n) is 8.07. The molecule has 0 aromatic rings. The maximum absolute atomic E-state index is 6.16. The molecule has 2 nitrogen and oxygen atoms in total. The van der Waals surface area contributed by atoms with Gasteiger partial charge in [0.15, 0.2) is 0 Å². The first kappa shape index (κ1) is 17.9. The Morgan fingerprint density at radius 3 is 2.06 bits per heavy atom. The number of hydrogen-bond acceptors (Lipinski definition) is 2.